The van der Waals surface area contributed by atoms with E-state index < -0.39 is 0 Å². The molecule has 1 aromatic carbocycles. The minimum absolute atomic E-state index is 0.165. The average Bonchev–Trinajstić information content (AvgIpc) is 2.58. The Labute approximate surface area is 149 Å². The van der Waals surface area contributed by atoms with Gasteiger partial charge in [-0.1, -0.05) is 18.2 Å². The molecule has 0 unspecified atom stereocenters. The van der Waals surface area contributed by atoms with Crippen LogP contribution in [0.3, 0.4) is 0 Å². The molecule has 0 saturated carbocycles. The quantitative estimate of drug-likeness (QED) is 0.424. The van der Waals surface area contributed by atoms with Gasteiger partial charge in [0.1, 0.15) is 13.2 Å². The van der Waals surface area contributed by atoms with Gasteiger partial charge < -0.3 is 18.9 Å². The van der Waals surface area contributed by atoms with Crippen LogP contribution in [0.2, 0.25) is 0 Å². The Kier molecular flexibility index (Phi) is 10.5. The van der Waals surface area contributed by atoms with Crippen molar-refractivity contribution in [2.75, 3.05) is 39.6 Å². The lowest BCUT2D eigenvalue weighted by Crippen LogP contribution is -2.14. The fourth-order valence-corrected chi connectivity index (χ4v) is 2.17. The number of carbonyl (C=O) groups is 2. The van der Waals surface area contributed by atoms with Gasteiger partial charge in [-0.2, -0.15) is 0 Å². The van der Waals surface area contributed by atoms with Gasteiger partial charge in [0, 0.05) is 13.2 Å². The molecule has 0 N–H and O–H groups in total. The standard InChI is InChI=1S/C19H28O6/c1-4-22-8-10-24-18(20)13-16-7-6-15(3)17(12-16)14-19(21)25-11-9-23-5-2/h6-7,12H,4-5,8-11,13-14H2,1-3H3. The summed E-state index contributed by atoms with van der Waals surface area (Å²) in [5.41, 5.74) is 2.64. The van der Waals surface area contributed by atoms with Crippen molar-refractivity contribution in [1.29, 1.82) is 0 Å². The van der Waals surface area contributed by atoms with E-state index in [0.29, 0.717) is 26.4 Å². The Morgan fingerprint density at radius 2 is 1.40 bits per heavy atom. The van der Waals surface area contributed by atoms with E-state index in [1.54, 1.807) is 0 Å². The minimum atomic E-state index is -0.311. The van der Waals surface area contributed by atoms with E-state index in [0.717, 1.165) is 16.7 Å². The number of esters is 2. The van der Waals surface area contributed by atoms with E-state index >= 15 is 0 Å². The predicted molar refractivity (Wildman–Crippen MR) is 93.5 cm³/mol. The number of aryl methyl sites for hydroxylation is 1. The molecule has 1 aromatic rings. The number of hydrogen-bond donors (Lipinski definition) is 0. The first-order valence-electron chi connectivity index (χ1n) is 8.62. The first-order valence-corrected chi connectivity index (χ1v) is 8.62. The van der Waals surface area contributed by atoms with Crippen LogP contribution in [0.5, 0.6) is 0 Å². The van der Waals surface area contributed by atoms with Crippen LogP contribution in [-0.2, 0) is 41.4 Å². The Hall–Kier alpha value is -1.92. The molecule has 0 fully saturated rings. The number of hydrogen-bond acceptors (Lipinski definition) is 6. The van der Waals surface area contributed by atoms with Gasteiger partial charge in [0.05, 0.1) is 26.1 Å². The van der Waals surface area contributed by atoms with Crippen LogP contribution in [0.15, 0.2) is 18.2 Å². The van der Waals surface area contributed by atoms with Crippen LogP contribution in [0.1, 0.15) is 30.5 Å². The molecule has 0 amide bonds. The highest BCUT2D eigenvalue weighted by Gasteiger charge is 2.11. The van der Waals surface area contributed by atoms with E-state index in [1.165, 1.54) is 0 Å². The topological polar surface area (TPSA) is 71.1 Å². The van der Waals surface area contributed by atoms with Gasteiger partial charge in [0.15, 0.2) is 0 Å². The summed E-state index contributed by atoms with van der Waals surface area (Å²) >= 11 is 0. The second-order valence-electron chi connectivity index (χ2n) is 5.45. The van der Waals surface area contributed by atoms with Crippen LogP contribution >= 0.6 is 0 Å². The van der Waals surface area contributed by atoms with Crippen molar-refractivity contribution in [3.8, 4) is 0 Å². The molecule has 6 heteroatoms. The zero-order chi connectivity index (χ0) is 18.5. The molecule has 6 nitrogen and oxygen atoms in total. The molecule has 140 valence electrons. The minimum Gasteiger partial charge on any atom is -0.463 e. The molecule has 0 aliphatic rings. The van der Waals surface area contributed by atoms with Gasteiger partial charge >= 0.3 is 11.9 Å². The van der Waals surface area contributed by atoms with Crippen molar-refractivity contribution in [3.63, 3.8) is 0 Å². The maximum atomic E-state index is 11.9. The number of benzene rings is 1. The summed E-state index contributed by atoms with van der Waals surface area (Å²) in [5, 5.41) is 0. The number of rotatable bonds is 12. The van der Waals surface area contributed by atoms with E-state index in [9.17, 15) is 9.59 Å². The lowest BCUT2D eigenvalue weighted by atomic mass is 10.0. The maximum absolute atomic E-state index is 11.9. The van der Waals surface area contributed by atoms with E-state index in [-0.39, 0.29) is 38.0 Å². The van der Waals surface area contributed by atoms with Crippen LogP contribution in [-0.4, -0.2) is 51.6 Å². The Morgan fingerprint density at radius 3 is 1.96 bits per heavy atom. The van der Waals surface area contributed by atoms with Crippen molar-refractivity contribution in [2.45, 2.75) is 33.6 Å². The summed E-state index contributed by atoms with van der Waals surface area (Å²) in [6.07, 6.45) is 0.337. The second kappa shape index (κ2) is 12.4. The van der Waals surface area contributed by atoms with Gasteiger partial charge in [-0.25, -0.2) is 0 Å². The molecular formula is C19H28O6. The zero-order valence-electron chi connectivity index (χ0n) is 15.3. The monoisotopic (exact) mass is 352 g/mol. The Bertz CT molecular complexity index is 541. The van der Waals surface area contributed by atoms with Crippen LogP contribution in [0, 0.1) is 6.92 Å². The molecule has 0 aliphatic heterocycles. The summed E-state index contributed by atoms with van der Waals surface area (Å²) in [5.74, 6) is -0.618. The maximum Gasteiger partial charge on any atom is 0.310 e. The van der Waals surface area contributed by atoms with Crippen LogP contribution in [0.25, 0.3) is 0 Å². The highest BCUT2D eigenvalue weighted by molar-refractivity contribution is 5.74. The molecule has 0 radical (unpaired) electrons. The third kappa shape index (κ3) is 9.22. The molecule has 25 heavy (non-hydrogen) atoms. The van der Waals surface area contributed by atoms with Gasteiger partial charge in [-0.05, 0) is 37.5 Å². The molecule has 0 saturated heterocycles. The predicted octanol–water partition coefficient (Wildman–Crippen LogP) is 2.24. The van der Waals surface area contributed by atoms with E-state index in [1.807, 2.05) is 39.0 Å². The van der Waals surface area contributed by atoms with Crippen LogP contribution in [0.4, 0.5) is 0 Å². The van der Waals surface area contributed by atoms with Gasteiger partial charge in [0.2, 0.25) is 0 Å². The molecule has 1 rings (SSSR count). The number of ether oxygens (including phenoxy) is 4. The van der Waals surface area contributed by atoms with Gasteiger partial charge in [-0.15, -0.1) is 0 Å². The van der Waals surface area contributed by atoms with E-state index in [4.69, 9.17) is 18.9 Å². The summed E-state index contributed by atoms with van der Waals surface area (Å²) in [4.78, 5) is 23.7. The molecule has 0 bridgehead atoms. The molecule has 0 atom stereocenters. The average molecular weight is 352 g/mol. The third-order valence-corrected chi connectivity index (χ3v) is 3.49. The second-order valence-corrected chi connectivity index (χ2v) is 5.45. The zero-order valence-corrected chi connectivity index (χ0v) is 15.3. The molecule has 0 spiro atoms. The first kappa shape index (κ1) is 21.1. The smallest absolute Gasteiger partial charge is 0.310 e. The van der Waals surface area contributed by atoms with Crippen molar-refractivity contribution in [1.82, 2.24) is 0 Å². The summed E-state index contributed by atoms with van der Waals surface area (Å²) in [7, 11) is 0. The highest BCUT2D eigenvalue weighted by atomic mass is 16.6. The lowest BCUT2D eigenvalue weighted by molar-refractivity contribution is -0.145. The first-order chi connectivity index (χ1) is 12.1. The van der Waals surface area contributed by atoms with Gasteiger partial charge in [-0.3, -0.25) is 9.59 Å². The Morgan fingerprint density at radius 1 is 0.840 bits per heavy atom. The van der Waals surface area contributed by atoms with Crippen LogP contribution < -0.4 is 0 Å². The largest absolute Gasteiger partial charge is 0.463 e. The fraction of sp³-hybridized carbons (Fsp3) is 0.579. The normalized spacial score (nSPS) is 10.5. The fourth-order valence-electron chi connectivity index (χ4n) is 2.17. The molecular weight excluding hydrogens is 324 g/mol. The van der Waals surface area contributed by atoms with Gasteiger partial charge in [0.25, 0.3) is 0 Å². The summed E-state index contributed by atoms with van der Waals surface area (Å²) in [6, 6.07) is 5.61. The van der Waals surface area contributed by atoms with Crippen molar-refractivity contribution in [3.05, 3.63) is 34.9 Å². The van der Waals surface area contributed by atoms with Crippen molar-refractivity contribution >= 4 is 11.9 Å². The summed E-state index contributed by atoms with van der Waals surface area (Å²) < 4.78 is 20.5. The summed E-state index contributed by atoms with van der Waals surface area (Å²) in [6.45, 7) is 8.18. The third-order valence-electron chi connectivity index (χ3n) is 3.49. The van der Waals surface area contributed by atoms with Crippen molar-refractivity contribution in [2.24, 2.45) is 0 Å². The lowest BCUT2D eigenvalue weighted by Gasteiger charge is -2.10. The van der Waals surface area contributed by atoms with Crippen molar-refractivity contribution < 1.29 is 28.5 Å². The molecule has 0 aliphatic carbocycles. The van der Waals surface area contributed by atoms with E-state index in [2.05, 4.69) is 0 Å². The SMILES string of the molecule is CCOCCOC(=O)Cc1ccc(C)c(CC(=O)OCCOCC)c1. The highest BCUT2D eigenvalue weighted by Crippen LogP contribution is 2.14. The molecule has 0 heterocycles. The Balaban J connectivity index is 2.49. The molecule has 0 aromatic heterocycles. The number of carbonyl (C=O) groups excluding carboxylic acids is 2.